The molecule has 0 fully saturated rings. The number of hydrogen-bond donors (Lipinski definition) is 14. The van der Waals surface area contributed by atoms with Crippen molar-refractivity contribution < 1.29 is 103 Å². The van der Waals surface area contributed by atoms with Gasteiger partial charge in [0, 0.05) is 36.9 Å². The van der Waals surface area contributed by atoms with E-state index in [9.17, 15) is 108 Å². The van der Waals surface area contributed by atoms with Crippen molar-refractivity contribution in [3.63, 3.8) is 0 Å². The number of benzene rings is 1. The van der Waals surface area contributed by atoms with E-state index in [0.717, 1.165) is 0 Å². The number of carbonyl (C=O) groups excluding carboxylic acids is 7. The molecular formula is C48H58N10O22. The quantitative estimate of drug-likeness (QED) is 0.0319. The fourth-order valence-corrected chi connectivity index (χ4v) is 7.72. The van der Waals surface area contributed by atoms with Gasteiger partial charge in [0.15, 0.2) is 22.7 Å². The van der Waals surface area contributed by atoms with E-state index in [4.69, 9.17) is 5.73 Å². The number of Topliss-reactive ketones (excluding diaryl/α,β-unsaturated/α-hetero) is 3. The van der Waals surface area contributed by atoms with Crippen molar-refractivity contribution in [2.75, 3.05) is 11.1 Å². The number of anilines is 2. The van der Waals surface area contributed by atoms with Crippen LogP contribution in [-0.2, 0) is 68.9 Å². The molecule has 32 heteroatoms. The molecule has 0 saturated heterocycles. The van der Waals surface area contributed by atoms with Crippen molar-refractivity contribution in [3.05, 3.63) is 52.1 Å². The average Bonchev–Trinajstić information content (AvgIpc) is 3.36. The van der Waals surface area contributed by atoms with Crippen LogP contribution in [0.1, 0.15) is 106 Å². The van der Waals surface area contributed by atoms with Gasteiger partial charge >= 0.3 is 41.8 Å². The number of nitrogen functional groups attached to an aromatic ring is 1. The number of rotatable bonds is 37. The maximum absolute atomic E-state index is 13.6. The van der Waals surface area contributed by atoms with E-state index in [1.54, 1.807) is 6.92 Å². The van der Waals surface area contributed by atoms with Crippen molar-refractivity contribution >= 4 is 106 Å². The number of fused-ring (bicyclic) bond motifs is 1. The number of hydrogen-bond acceptors (Lipinski definition) is 20. The Kier molecular flexibility index (Phi) is 24.9. The van der Waals surface area contributed by atoms with E-state index < -0.39 is 194 Å². The number of carboxylic acids is 7. The molecule has 0 unspecified atom stereocenters. The Labute approximate surface area is 450 Å². The number of nitrogens with zero attached hydrogens (tertiary/aromatic N) is 3. The van der Waals surface area contributed by atoms with Gasteiger partial charge in [-0.25, -0.2) is 19.6 Å². The van der Waals surface area contributed by atoms with E-state index in [1.165, 1.54) is 30.5 Å². The highest BCUT2D eigenvalue weighted by molar-refractivity contribution is 6.00. The molecule has 2 heterocycles. The highest BCUT2D eigenvalue weighted by Crippen LogP contribution is 2.20. The highest BCUT2D eigenvalue weighted by atomic mass is 16.4. The molecule has 7 atom stereocenters. The molecule has 0 aliphatic heterocycles. The van der Waals surface area contributed by atoms with E-state index >= 15 is 0 Å². The second-order valence-electron chi connectivity index (χ2n) is 18.1. The number of nitrogens with one attached hydrogen (secondary N) is 6. The van der Waals surface area contributed by atoms with Crippen molar-refractivity contribution in [1.82, 2.24) is 41.2 Å². The molecule has 0 bridgehead atoms. The third-order valence-electron chi connectivity index (χ3n) is 11.8. The first-order valence-electron chi connectivity index (χ1n) is 24.3. The Bertz CT molecular complexity index is 2930. The minimum Gasteiger partial charge on any atom is -0.481 e. The molecule has 15 N–H and O–H groups in total. The van der Waals surface area contributed by atoms with Crippen LogP contribution in [0, 0.1) is 17.8 Å². The van der Waals surface area contributed by atoms with Gasteiger partial charge in [-0.1, -0.05) is 19.8 Å². The van der Waals surface area contributed by atoms with Crippen LogP contribution in [0.3, 0.4) is 0 Å². The van der Waals surface area contributed by atoms with Gasteiger partial charge in [0.05, 0.1) is 80.4 Å². The predicted octanol–water partition coefficient (Wildman–Crippen LogP) is -1.30. The molecule has 3 aromatic rings. The number of nitrogens with two attached hydrogens (primary N) is 1. The lowest BCUT2D eigenvalue weighted by Gasteiger charge is -2.24. The van der Waals surface area contributed by atoms with Crippen molar-refractivity contribution in [1.29, 1.82) is 0 Å². The number of aromatic nitrogens is 4. The lowest BCUT2D eigenvalue weighted by atomic mass is 9.90. The Morgan fingerprint density at radius 3 is 1.46 bits per heavy atom. The molecule has 432 valence electrons. The Morgan fingerprint density at radius 2 is 1.01 bits per heavy atom. The van der Waals surface area contributed by atoms with Crippen LogP contribution in [0.4, 0.5) is 11.6 Å². The molecule has 3 rings (SSSR count). The van der Waals surface area contributed by atoms with Gasteiger partial charge in [0.25, 0.3) is 11.5 Å². The van der Waals surface area contributed by atoms with Crippen LogP contribution in [0.2, 0.25) is 0 Å². The third kappa shape index (κ3) is 21.7. The summed E-state index contributed by atoms with van der Waals surface area (Å²) in [7, 11) is 0. The maximum atomic E-state index is 13.6. The molecular weight excluding hydrogens is 1070 g/mol. The van der Waals surface area contributed by atoms with Crippen LogP contribution in [0.15, 0.2) is 35.3 Å². The first kappa shape index (κ1) is 64.5. The summed E-state index contributed by atoms with van der Waals surface area (Å²) in [6.45, 7) is 1.79. The first-order chi connectivity index (χ1) is 37.6. The summed E-state index contributed by atoms with van der Waals surface area (Å²) in [6.07, 6.45) is -8.39. The summed E-state index contributed by atoms with van der Waals surface area (Å²) >= 11 is 0. The summed E-state index contributed by atoms with van der Waals surface area (Å²) in [5, 5.41) is 78.4. The van der Waals surface area contributed by atoms with Gasteiger partial charge < -0.3 is 68.1 Å². The fraction of sp³-hybridized carbons (Fsp3) is 0.458. The average molecular weight is 1130 g/mol. The summed E-state index contributed by atoms with van der Waals surface area (Å²) in [5.41, 5.74) is 5.66. The number of carbonyl (C=O) groups is 14. The third-order valence-corrected chi connectivity index (χ3v) is 11.8. The SMILES string of the molecule is CCCC[C@H](NC(=O)[C@@H](CC(=O)O)CC(=O)[C@@H](CC(=O)O)NC(=O)[C@@H](CC(=O)O)CC(=O)[C@@H](CC(=O)O)NC(=O)[C@@H](CC(=O)O)CC(=O)CC[C@H](NC(=O)c1ccc(NCc2cnc3nc(N)[nH]c(=O)c3n2)cc1)C(=O)O)C(=O)O. The second kappa shape index (κ2) is 30.8. The van der Waals surface area contributed by atoms with Gasteiger partial charge in [-0.15, -0.1) is 0 Å². The molecule has 0 aliphatic rings. The van der Waals surface area contributed by atoms with E-state index in [-0.39, 0.29) is 35.6 Å². The van der Waals surface area contributed by atoms with E-state index in [1.807, 2.05) is 10.6 Å². The largest absolute Gasteiger partial charge is 0.481 e. The molecule has 0 saturated carbocycles. The molecule has 80 heavy (non-hydrogen) atoms. The van der Waals surface area contributed by atoms with E-state index in [2.05, 4.69) is 35.9 Å². The van der Waals surface area contributed by atoms with Gasteiger partial charge in [0.1, 0.15) is 17.9 Å². The topological polar surface area (TPSA) is 538 Å². The highest BCUT2D eigenvalue weighted by Gasteiger charge is 2.37. The lowest BCUT2D eigenvalue weighted by molar-refractivity contribution is -0.146. The smallest absolute Gasteiger partial charge is 0.326 e. The van der Waals surface area contributed by atoms with Crippen molar-refractivity contribution in [2.45, 2.75) is 121 Å². The number of unbranched alkanes of at least 4 members (excludes halogenated alkanes) is 1. The van der Waals surface area contributed by atoms with Gasteiger partial charge in [-0.2, -0.15) is 4.98 Å². The summed E-state index contributed by atoms with van der Waals surface area (Å²) in [6, 6.07) is -1.92. The van der Waals surface area contributed by atoms with Gasteiger partial charge in [0.2, 0.25) is 23.7 Å². The summed E-state index contributed by atoms with van der Waals surface area (Å²) in [4.78, 5) is 203. The summed E-state index contributed by atoms with van der Waals surface area (Å²) in [5.74, 6) is -26.2. The van der Waals surface area contributed by atoms with Crippen LogP contribution in [0.25, 0.3) is 11.2 Å². The molecule has 0 spiro atoms. The molecule has 0 radical (unpaired) electrons. The zero-order chi connectivity index (χ0) is 60.0. The zero-order valence-electron chi connectivity index (χ0n) is 42.5. The fourth-order valence-electron chi connectivity index (χ4n) is 7.72. The zero-order valence-corrected chi connectivity index (χ0v) is 42.5. The van der Waals surface area contributed by atoms with Crippen LogP contribution in [-0.4, -0.2) is 163 Å². The monoisotopic (exact) mass is 1130 g/mol. The number of aliphatic carboxylic acids is 7. The lowest BCUT2D eigenvalue weighted by Crippen LogP contribution is -2.49. The second-order valence-corrected chi connectivity index (χ2v) is 18.1. The molecule has 2 aromatic heterocycles. The standard InChI is InChI=1S/C48H58N10O22/c1-2-3-4-28(46(77)78)53-43(74)23(15-35(64)65)12-32(60)31(18-38(70)71)56-44(75)24(16-36(66)67)13-33(61)30(17-37(68)69)55-42(73)22(14-34(62)63)11-27(59)9-10-29(47(79)80)54-41(72)21-5-7-25(8-6-21)50-19-26-20-51-40-39(52-26)45(76)58-48(49)57-40/h5-8,20,22-24,28-31,50H,2-4,9-19H2,1H3,(H,53,74)(H,54,72)(H,55,73)(H,56,75)(H,62,63)(H,64,65)(H,66,67)(H,68,69)(H,70,71)(H,77,78)(H,79,80)(H3,49,51,57,58,76)/t22-,23-,24-,28+,29+,30-,31-/m1/s1. The van der Waals surface area contributed by atoms with Crippen molar-refractivity contribution in [3.8, 4) is 0 Å². The molecule has 0 aliphatic carbocycles. The van der Waals surface area contributed by atoms with Gasteiger partial charge in [-0.05, 0) is 37.1 Å². The molecule has 4 amide bonds. The van der Waals surface area contributed by atoms with E-state index in [0.29, 0.717) is 24.2 Å². The molecule has 32 nitrogen and oxygen atoms in total. The predicted molar refractivity (Wildman–Crippen MR) is 268 cm³/mol. The normalized spacial score (nSPS) is 13.6. The number of H-pyrrole nitrogens is 1. The number of amides is 4. The van der Waals surface area contributed by atoms with Crippen LogP contribution in [0.5, 0.6) is 0 Å². The Morgan fingerprint density at radius 1 is 0.562 bits per heavy atom. The van der Waals surface area contributed by atoms with Crippen LogP contribution < -0.4 is 37.9 Å². The van der Waals surface area contributed by atoms with Crippen LogP contribution >= 0.6 is 0 Å². The minimum atomic E-state index is -2.16. The minimum absolute atomic E-state index is 0.0248. The first-order valence-corrected chi connectivity index (χ1v) is 24.3. The summed E-state index contributed by atoms with van der Waals surface area (Å²) < 4.78 is 0. The van der Waals surface area contributed by atoms with Crippen molar-refractivity contribution in [2.24, 2.45) is 17.8 Å². The van der Waals surface area contributed by atoms with Gasteiger partial charge in [-0.3, -0.25) is 67.3 Å². The number of aromatic amines is 1. The Hall–Kier alpha value is -9.78. The maximum Gasteiger partial charge on any atom is 0.326 e. The molecule has 1 aromatic carbocycles. The Balaban J connectivity index is 1.70. The number of ketones is 3. The number of carboxylic acid groups (broad SMARTS) is 7.